The van der Waals surface area contributed by atoms with E-state index in [0.717, 1.165) is 37.3 Å². The van der Waals surface area contributed by atoms with Crippen molar-refractivity contribution in [3.63, 3.8) is 0 Å². The molecule has 1 heterocycles. The number of hydrogen-bond acceptors (Lipinski definition) is 3. The summed E-state index contributed by atoms with van der Waals surface area (Å²) >= 11 is 0. The maximum Gasteiger partial charge on any atom is 0.116 e. The van der Waals surface area contributed by atoms with Crippen LogP contribution < -0.4 is 0 Å². The van der Waals surface area contributed by atoms with E-state index < -0.39 is 5.60 Å². The molecule has 0 radical (unpaired) electrons. The van der Waals surface area contributed by atoms with Crippen molar-refractivity contribution in [1.29, 1.82) is 0 Å². The van der Waals surface area contributed by atoms with E-state index in [0.29, 0.717) is 6.42 Å². The van der Waals surface area contributed by atoms with Gasteiger partial charge in [-0.3, -0.25) is 4.90 Å². The lowest BCUT2D eigenvalue weighted by Gasteiger charge is -2.42. The maximum atomic E-state index is 12.1. The van der Waals surface area contributed by atoms with Crippen LogP contribution in [-0.2, 0) is 5.60 Å². The lowest BCUT2D eigenvalue weighted by Crippen LogP contribution is -2.47. The van der Waals surface area contributed by atoms with Crippen molar-refractivity contribution >= 4 is 0 Å². The molecule has 3 aromatic rings. The van der Waals surface area contributed by atoms with E-state index in [4.69, 9.17) is 0 Å². The number of aliphatic hydroxyl groups is 1. The van der Waals surface area contributed by atoms with Gasteiger partial charge in [-0.15, -0.1) is 0 Å². The van der Waals surface area contributed by atoms with Crippen molar-refractivity contribution in [2.75, 3.05) is 33.2 Å². The number of benzene rings is 3. The Bertz CT molecular complexity index is 835. The number of piperazine rings is 1. The molecule has 1 fully saturated rings. The Kier molecular flexibility index (Phi) is 6.10. The van der Waals surface area contributed by atoms with Gasteiger partial charge in [0.05, 0.1) is 0 Å². The van der Waals surface area contributed by atoms with E-state index in [1.165, 1.54) is 5.56 Å². The molecule has 0 unspecified atom stereocenters. The molecule has 0 aromatic heterocycles. The molecule has 1 saturated heterocycles. The maximum absolute atomic E-state index is 12.1. The molecule has 0 saturated carbocycles. The minimum atomic E-state index is -1.05. The Morgan fingerprint density at radius 2 is 1.17 bits per heavy atom. The summed E-state index contributed by atoms with van der Waals surface area (Å²) in [6.07, 6.45) is 0.620. The minimum Gasteiger partial charge on any atom is -0.380 e. The first-order valence-corrected chi connectivity index (χ1v) is 10.5. The quantitative estimate of drug-likeness (QED) is 0.684. The highest BCUT2D eigenvalue weighted by Gasteiger charge is 2.37. The first-order chi connectivity index (χ1) is 14.2. The lowest BCUT2D eigenvalue weighted by molar-refractivity contribution is 0.0190. The molecule has 0 spiro atoms. The summed E-state index contributed by atoms with van der Waals surface area (Å²) < 4.78 is 0. The Morgan fingerprint density at radius 3 is 1.66 bits per heavy atom. The van der Waals surface area contributed by atoms with E-state index in [2.05, 4.69) is 47.2 Å². The summed E-state index contributed by atoms with van der Waals surface area (Å²) in [4.78, 5) is 4.91. The van der Waals surface area contributed by atoms with E-state index in [1.54, 1.807) is 0 Å². The fourth-order valence-corrected chi connectivity index (χ4v) is 4.38. The fraction of sp³-hybridized carbons (Fsp3) is 0.308. The molecule has 4 rings (SSSR count). The Balaban J connectivity index is 1.74. The van der Waals surface area contributed by atoms with Crippen molar-refractivity contribution in [1.82, 2.24) is 9.80 Å². The third-order valence-corrected chi connectivity index (χ3v) is 6.15. The van der Waals surface area contributed by atoms with Crippen molar-refractivity contribution in [2.24, 2.45) is 0 Å². The number of likely N-dealkylation sites (N-methyl/N-ethyl adjacent to an activating group) is 1. The molecule has 1 aliphatic heterocycles. The van der Waals surface area contributed by atoms with Gasteiger partial charge in [-0.05, 0) is 23.7 Å². The highest BCUT2D eigenvalue weighted by atomic mass is 16.3. The van der Waals surface area contributed by atoms with Gasteiger partial charge in [0.2, 0.25) is 0 Å². The molecule has 3 aromatic carbocycles. The average molecular weight is 387 g/mol. The van der Waals surface area contributed by atoms with Crippen LogP contribution in [0.15, 0.2) is 91.0 Å². The second-order valence-corrected chi connectivity index (χ2v) is 8.06. The number of rotatable bonds is 6. The van der Waals surface area contributed by atoms with Crippen LogP contribution in [0.3, 0.4) is 0 Å². The van der Waals surface area contributed by atoms with Gasteiger partial charge in [-0.1, -0.05) is 91.0 Å². The predicted octanol–water partition coefficient (Wildman–Crippen LogP) is 4.30. The molecule has 150 valence electrons. The molecule has 29 heavy (non-hydrogen) atoms. The van der Waals surface area contributed by atoms with Crippen LogP contribution in [0, 0.1) is 0 Å². The van der Waals surface area contributed by atoms with Gasteiger partial charge < -0.3 is 10.0 Å². The Morgan fingerprint density at radius 1 is 0.724 bits per heavy atom. The molecule has 3 nitrogen and oxygen atoms in total. The summed E-state index contributed by atoms with van der Waals surface area (Å²) in [6.45, 7) is 4.13. The summed E-state index contributed by atoms with van der Waals surface area (Å²) in [6, 6.07) is 31.0. The molecule has 1 atom stereocenters. The topological polar surface area (TPSA) is 26.7 Å². The van der Waals surface area contributed by atoms with Gasteiger partial charge in [0.1, 0.15) is 5.60 Å². The highest BCUT2D eigenvalue weighted by Crippen LogP contribution is 2.40. The van der Waals surface area contributed by atoms with Gasteiger partial charge in [0.15, 0.2) is 0 Å². The third kappa shape index (κ3) is 4.43. The Hall–Kier alpha value is -2.46. The summed E-state index contributed by atoms with van der Waals surface area (Å²) in [5.74, 6) is 0. The summed E-state index contributed by atoms with van der Waals surface area (Å²) in [7, 11) is 2.18. The largest absolute Gasteiger partial charge is 0.380 e. The van der Waals surface area contributed by atoms with Crippen molar-refractivity contribution < 1.29 is 5.11 Å². The fourth-order valence-electron chi connectivity index (χ4n) is 4.38. The van der Waals surface area contributed by atoms with Crippen LogP contribution >= 0.6 is 0 Å². The van der Waals surface area contributed by atoms with Crippen LogP contribution in [0.5, 0.6) is 0 Å². The molecule has 0 bridgehead atoms. The number of nitrogens with zero attached hydrogens (tertiary/aromatic N) is 2. The number of hydrogen-bond donors (Lipinski definition) is 1. The van der Waals surface area contributed by atoms with Gasteiger partial charge in [0.25, 0.3) is 0 Å². The second-order valence-electron chi connectivity index (χ2n) is 8.06. The summed E-state index contributed by atoms with van der Waals surface area (Å²) in [5, 5.41) is 12.1. The molecular formula is C26H30N2O. The third-order valence-electron chi connectivity index (χ3n) is 6.15. The van der Waals surface area contributed by atoms with Crippen molar-refractivity contribution in [3.05, 3.63) is 108 Å². The van der Waals surface area contributed by atoms with Gasteiger partial charge in [0, 0.05) is 38.6 Å². The zero-order chi connectivity index (χ0) is 20.1. The molecular weight excluding hydrogens is 356 g/mol. The van der Waals surface area contributed by atoms with Crippen LogP contribution in [0.2, 0.25) is 0 Å². The SMILES string of the molecule is CN1CCN([C@@H](CC(O)(c2ccccc2)c2ccccc2)c2ccccc2)CC1. The smallest absolute Gasteiger partial charge is 0.116 e. The van der Waals surface area contributed by atoms with Crippen LogP contribution in [-0.4, -0.2) is 48.1 Å². The minimum absolute atomic E-state index is 0.148. The van der Waals surface area contributed by atoms with E-state index in [-0.39, 0.29) is 6.04 Å². The van der Waals surface area contributed by atoms with Crippen molar-refractivity contribution in [2.45, 2.75) is 18.1 Å². The zero-order valence-corrected chi connectivity index (χ0v) is 17.1. The molecule has 3 heteroatoms. The van der Waals surface area contributed by atoms with E-state index in [9.17, 15) is 5.11 Å². The second kappa shape index (κ2) is 8.91. The van der Waals surface area contributed by atoms with E-state index >= 15 is 0 Å². The zero-order valence-electron chi connectivity index (χ0n) is 17.1. The highest BCUT2D eigenvalue weighted by molar-refractivity contribution is 5.37. The van der Waals surface area contributed by atoms with Crippen LogP contribution in [0.1, 0.15) is 29.2 Å². The van der Waals surface area contributed by atoms with Gasteiger partial charge in [-0.25, -0.2) is 0 Å². The molecule has 1 aliphatic rings. The van der Waals surface area contributed by atoms with Gasteiger partial charge >= 0.3 is 0 Å². The Labute approximate surface area is 174 Å². The lowest BCUT2D eigenvalue weighted by atomic mass is 9.79. The first kappa shape index (κ1) is 19.8. The molecule has 0 amide bonds. The van der Waals surface area contributed by atoms with E-state index in [1.807, 2.05) is 60.7 Å². The van der Waals surface area contributed by atoms with Crippen LogP contribution in [0.25, 0.3) is 0 Å². The predicted molar refractivity (Wildman–Crippen MR) is 119 cm³/mol. The van der Waals surface area contributed by atoms with Crippen molar-refractivity contribution in [3.8, 4) is 0 Å². The standard InChI is InChI=1S/C26H30N2O/c1-27-17-19-28(20-18-27)25(22-11-5-2-6-12-22)21-26(29,23-13-7-3-8-14-23)24-15-9-4-10-16-24/h2-16,25,29H,17-21H2,1H3/t25-/m0/s1. The monoisotopic (exact) mass is 386 g/mol. The van der Waals surface area contributed by atoms with Gasteiger partial charge in [-0.2, -0.15) is 0 Å². The van der Waals surface area contributed by atoms with Crippen LogP contribution in [0.4, 0.5) is 0 Å². The normalized spacial score (nSPS) is 17.2. The average Bonchev–Trinajstić information content (AvgIpc) is 2.80. The summed E-state index contributed by atoms with van der Waals surface area (Å²) in [5.41, 5.74) is 2.11. The molecule has 1 N–H and O–H groups in total. The first-order valence-electron chi connectivity index (χ1n) is 10.5. The molecule has 0 aliphatic carbocycles.